The summed E-state index contributed by atoms with van der Waals surface area (Å²) in [5, 5.41) is 3.67. The normalized spacial score (nSPS) is 15.6. The predicted octanol–water partition coefficient (Wildman–Crippen LogP) is 4.23. The Balaban J connectivity index is 3.95. The highest BCUT2D eigenvalue weighted by Gasteiger charge is 2.17. The van der Waals surface area contributed by atoms with Gasteiger partial charge in [-0.05, 0) is 37.6 Å². The third-order valence-electron chi connectivity index (χ3n) is 3.64. The topological polar surface area (TPSA) is 12.0 Å². The molecule has 0 saturated heterocycles. The van der Waals surface area contributed by atoms with Gasteiger partial charge in [-0.1, -0.05) is 47.5 Å². The van der Waals surface area contributed by atoms with Crippen LogP contribution in [0.4, 0.5) is 0 Å². The Morgan fingerprint density at radius 2 is 1.53 bits per heavy atom. The predicted molar refractivity (Wildman–Crippen MR) is 70.2 cm³/mol. The molecule has 0 aliphatic rings. The maximum absolute atomic E-state index is 3.67. The zero-order chi connectivity index (χ0) is 11.7. The smallest absolute Gasteiger partial charge is 0.00901 e. The molecule has 2 atom stereocenters. The Labute approximate surface area is 97.0 Å². The van der Waals surface area contributed by atoms with Crippen molar-refractivity contribution in [2.75, 3.05) is 6.54 Å². The van der Waals surface area contributed by atoms with Gasteiger partial charge in [0.15, 0.2) is 0 Å². The molecule has 0 aliphatic carbocycles. The first-order valence-corrected chi connectivity index (χ1v) is 6.92. The van der Waals surface area contributed by atoms with Crippen LogP contribution in [0.25, 0.3) is 0 Å². The van der Waals surface area contributed by atoms with Gasteiger partial charge in [-0.2, -0.15) is 0 Å². The van der Waals surface area contributed by atoms with Crippen LogP contribution in [0.1, 0.15) is 66.7 Å². The lowest BCUT2D eigenvalue weighted by atomic mass is 9.86. The van der Waals surface area contributed by atoms with Crippen molar-refractivity contribution in [2.45, 2.75) is 72.8 Å². The fourth-order valence-corrected chi connectivity index (χ4v) is 2.39. The van der Waals surface area contributed by atoms with Gasteiger partial charge in [0.1, 0.15) is 0 Å². The lowest BCUT2D eigenvalue weighted by Gasteiger charge is -2.27. The first-order valence-electron chi connectivity index (χ1n) is 6.92. The lowest BCUT2D eigenvalue weighted by molar-refractivity contribution is 0.289. The van der Waals surface area contributed by atoms with Crippen LogP contribution in [0.3, 0.4) is 0 Å². The van der Waals surface area contributed by atoms with E-state index >= 15 is 0 Å². The average Bonchev–Trinajstić information content (AvgIpc) is 2.26. The highest BCUT2D eigenvalue weighted by atomic mass is 14.9. The fourth-order valence-electron chi connectivity index (χ4n) is 2.39. The van der Waals surface area contributed by atoms with Gasteiger partial charge >= 0.3 is 0 Å². The van der Waals surface area contributed by atoms with Gasteiger partial charge in [-0.15, -0.1) is 0 Å². The molecule has 92 valence electrons. The third-order valence-corrected chi connectivity index (χ3v) is 3.64. The molecule has 0 rings (SSSR count). The first kappa shape index (κ1) is 15.0. The molecule has 0 aliphatic heterocycles. The van der Waals surface area contributed by atoms with Crippen LogP contribution in [-0.2, 0) is 0 Å². The molecule has 1 heteroatoms. The van der Waals surface area contributed by atoms with Crippen molar-refractivity contribution in [1.29, 1.82) is 0 Å². The molecule has 0 heterocycles. The van der Waals surface area contributed by atoms with Crippen LogP contribution in [0.15, 0.2) is 0 Å². The van der Waals surface area contributed by atoms with Crippen LogP contribution in [-0.4, -0.2) is 12.6 Å². The second kappa shape index (κ2) is 9.21. The molecule has 0 aromatic carbocycles. The Hall–Kier alpha value is -0.0400. The molecule has 2 unspecified atom stereocenters. The van der Waals surface area contributed by atoms with Crippen LogP contribution < -0.4 is 5.32 Å². The number of hydrogen-bond acceptors (Lipinski definition) is 1. The van der Waals surface area contributed by atoms with E-state index in [1.54, 1.807) is 0 Å². The molecule has 0 radical (unpaired) electrons. The van der Waals surface area contributed by atoms with E-state index in [1.165, 1.54) is 38.6 Å². The van der Waals surface area contributed by atoms with Crippen LogP contribution in [0.5, 0.6) is 0 Å². The largest absolute Gasteiger partial charge is 0.314 e. The molecule has 0 saturated carbocycles. The van der Waals surface area contributed by atoms with Crippen molar-refractivity contribution in [1.82, 2.24) is 5.32 Å². The molecular weight excluding hydrogens is 182 g/mol. The second-order valence-electron chi connectivity index (χ2n) is 4.86. The fraction of sp³-hybridized carbons (Fsp3) is 1.00. The minimum absolute atomic E-state index is 0.727. The molecule has 15 heavy (non-hydrogen) atoms. The Bertz CT molecular complexity index is 129. The van der Waals surface area contributed by atoms with Crippen molar-refractivity contribution in [3.63, 3.8) is 0 Å². The van der Waals surface area contributed by atoms with Crippen molar-refractivity contribution < 1.29 is 0 Å². The van der Waals surface area contributed by atoms with E-state index in [4.69, 9.17) is 0 Å². The van der Waals surface area contributed by atoms with Crippen molar-refractivity contribution >= 4 is 0 Å². The van der Waals surface area contributed by atoms with Gasteiger partial charge in [-0.25, -0.2) is 0 Å². The van der Waals surface area contributed by atoms with Crippen LogP contribution in [0.2, 0.25) is 0 Å². The standard InChI is InChI=1S/C14H31N/c1-6-10-15-14(9-4)12(5)11-13(7-2)8-3/h12-15H,6-11H2,1-5H3. The Morgan fingerprint density at radius 1 is 0.933 bits per heavy atom. The molecule has 1 nitrogen and oxygen atoms in total. The van der Waals surface area contributed by atoms with Gasteiger partial charge in [-0.3, -0.25) is 0 Å². The molecule has 0 spiro atoms. The van der Waals surface area contributed by atoms with E-state index in [0.29, 0.717) is 0 Å². The molecule has 0 amide bonds. The Kier molecular flexibility index (Phi) is 9.18. The number of rotatable bonds is 9. The third kappa shape index (κ3) is 6.19. The summed E-state index contributed by atoms with van der Waals surface area (Å²) in [5.41, 5.74) is 0. The van der Waals surface area contributed by atoms with E-state index in [9.17, 15) is 0 Å². The van der Waals surface area contributed by atoms with E-state index in [0.717, 1.165) is 17.9 Å². The lowest BCUT2D eigenvalue weighted by Crippen LogP contribution is -2.35. The quantitative estimate of drug-likeness (QED) is 0.604. The average molecular weight is 213 g/mol. The van der Waals surface area contributed by atoms with E-state index in [-0.39, 0.29) is 0 Å². The Morgan fingerprint density at radius 3 is 1.93 bits per heavy atom. The molecular formula is C14H31N. The van der Waals surface area contributed by atoms with Crippen molar-refractivity contribution in [2.24, 2.45) is 11.8 Å². The maximum Gasteiger partial charge on any atom is 0.00901 e. The SMILES string of the molecule is CCCNC(CC)C(C)CC(CC)CC. The summed E-state index contributed by atoms with van der Waals surface area (Å²) >= 11 is 0. The van der Waals surface area contributed by atoms with E-state index < -0.39 is 0 Å². The highest BCUT2D eigenvalue weighted by Crippen LogP contribution is 2.22. The minimum Gasteiger partial charge on any atom is -0.314 e. The summed E-state index contributed by atoms with van der Waals surface area (Å²) in [6.07, 6.45) is 6.58. The highest BCUT2D eigenvalue weighted by molar-refractivity contribution is 4.74. The minimum atomic E-state index is 0.727. The zero-order valence-electron chi connectivity index (χ0n) is 11.5. The van der Waals surface area contributed by atoms with Crippen LogP contribution in [0, 0.1) is 11.8 Å². The van der Waals surface area contributed by atoms with Gasteiger partial charge in [0.2, 0.25) is 0 Å². The summed E-state index contributed by atoms with van der Waals surface area (Å²) in [5.74, 6) is 1.75. The van der Waals surface area contributed by atoms with Gasteiger partial charge in [0.05, 0.1) is 0 Å². The molecule has 0 bridgehead atoms. The molecule has 0 aromatic heterocycles. The van der Waals surface area contributed by atoms with Crippen molar-refractivity contribution in [3.8, 4) is 0 Å². The molecule has 0 aromatic rings. The number of hydrogen-bond donors (Lipinski definition) is 1. The molecule has 0 fully saturated rings. The van der Waals surface area contributed by atoms with Crippen molar-refractivity contribution in [3.05, 3.63) is 0 Å². The summed E-state index contributed by atoms with van der Waals surface area (Å²) < 4.78 is 0. The summed E-state index contributed by atoms with van der Waals surface area (Å²) in [7, 11) is 0. The molecule has 1 N–H and O–H groups in total. The van der Waals surface area contributed by atoms with Gasteiger partial charge < -0.3 is 5.32 Å². The summed E-state index contributed by atoms with van der Waals surface area (Å²) in [4.78, 5) is 0. The number of nitrogens with one attached hydrogen (secondary N) is 1. The van der Waals surface area contributed by atoms with Gasteiger partial charge in [0, 0.05) is 6.04 Å². The van der Waals surface area contributed by atoms with Gasteiger partial charge in [0.25, 0.3) is 0 Å². The van der Waals surface area contributed by atoms with E-state index in [1.807, 2.05) is 0 Å². The van der Waals surface area contributed by atoms with Crippen LogP contribution >= 0.6 is 0 Å². The zero-order valence-corrected chi connectivity index (χ0v) is 11.5. The maximum atomic E-state index is 3.67. The van der Waals surface area contributed by atoms with E-state index in [2.05, 4.69) is 39.9 Å². The first-order chi connectivity index (χ1) is 7.19. The summed E-state index contributed by atoms with van der Waals surface area (Å²) in [6.45, 7) is 12.8. The summed E-state index contributed by atoms with van der Waals surface area (Å²) in [6, 6.07) is 0.727. The monoisotopic (exact) mass is 213 g/mol. The second-order valence-corrected chi connectivity index (χ2v) is 4.86.